The Morgan fingerprint density at radius 1 is 1.14 bits per heavy atom. The summed E-state index contributed by atoms with van der Waals surface area (Å²) in [6, 6.07) is 11.6. The van der Waals surface area contributed by atoms with Crippen LogP contribution in [0.4, 0.5) is 0 Å². The van der Waals surface area contributed by atoms with Crippen molar-refractivity contribution >= 4 is 5.91 Å². The third kappa shape index (κ3) is 2.65. The summed E-state index contributed by atoms with van der Waals surface area (Å²) in [4.78, 5) is 13.7. The summed E-state index contributed by atoms with van der Waals surface area (Å²) in [5.74, 6) is 4.80. The number of carbonyl (C=O) groups excluding carboxylic acids is 1. The molecule has 3 nitrogen and oxygen atoms in total. The summed E-state index contributed by atoms with van der Waals surface area (Å²) >= 11 is 0. The summed E-state index contributed by atoms with van der Waals surface area (Å²) in [5.41, 5.74) is 7.46. The van der Waals surface area contributed by atoms with Crippen molar-refractivity contribution in [3.05, 3.63) is 35.9 Å². The predicted octanol–water partition coefficient (Wildman–Crippen LogP) is 3.77. The molecule has 3 heteroatoms. The van der Waals surface area contributed by atoms with Crippen molar-refractivity contribution in [2.75, 3.05) is 0 Å². The molecule has 5 fully saturated rings. The molecule has 0 radical (unpaired) electrons. The van der Waals surface area contributed by atoms with Crippen molar-refractivity contribution in [3.8, 4) is 12.3 Å². The van der Waals surface area contributed by atoms with Crippen molar-refractivity contribution in [1.29, 1.82) is 0 Å². The van der Waals surface area contributed by atoms with Gasteiger partial charge in [0.15, 0.2) is 0 Å². The minimum Gasteiger partial charge on any atom is -0.353 e. The molecule has 5 aliphatic rings. The van der Waals surface area contributed by atoms with E-state index in [0.717, 1.165) is 51.4 Å². The molecule has 0 saturated heterocycles. The Hall–Kier alpha value is -1.79. The summed E-state index contributed by atoms with van der Waals surface area (Å²) in [6.07, 6.45) is 15.0. The second-order valence-electron chi connectivity index (χ2n) is 10.1. The second-order valence-corrected chi connectivity index (χ2v) is 10.1. The lowest BCUT2D eigenvalue weighted by Crippen LogP contribution is -2.49. The number of hydrogen-bond donors (Lipinski definition) is 2. The molecule has 28 heavy (non-hydrogen) atoms. The van der Waals surface area contributed by atoms with Gasteiger partial charge in [-0.2, -0.15) is 0 Å². The molecule has 0 heterocycles. The van der Waals surface area contributed by atoms with Gasteiger partial charge in [0.05, 0.1) is 5.41 Å². The molecule has 4 bridgehead atoms. The summed E-state index contributed by atoms with van der Waals surface area (Å²) in [5, 5.41) is 3.47. The molecular weight excluding hydrogens is 344 g/mol. The van der Waals surface area contributed by atoms with E-state index in [0.29, 0.717) is 35.7 Å². The van der Waals surface area contributed by atoms with Crippen LogP contribution in [0.1, 0.15) is 63.4 Å². The minimum absolute atomic E-state index is 0.173. The number of terminal acetylenes is 1. The topological polar surface area (TPSA) is 55.1 Å². The van der Waals surface area contributed by atoms with Gasteiger partial charge < -0.3 is 11.1 Å². The fourth-order valence-corrected chi connectivity index (χ4v) is 7.55. The Morgan fingerprint density at radius 2 is 1.89 bits per heavy atom. The second kappa shape index (κ2) is 6.63. The highest BCUT2D eigenvalue weighted by atomic mass is 16.2. The highest BCUT2D eigenvalue weighted by molar-refractivity contribution is 5.85. The summed E-state index contributed by atoms with van der Waals surface area (Å²) in [7, 11) is 0. The number of rotatable bonds is 4. The smallest absolute Gasteiger partial charge is 0.226 e. The molecule has 0 spiro atoms. The Morgan fingerprint density at radius 3 is 2.61 bits per heavy atom. The fraction of sp³-hybridized carbons (Fsp3) is 0.640. The van der Waals surface area contributed by atoms with E-state index < -0.39 is 0 Å². The highest BCUT2D eigenvalue weighted by Crippen LogP contribution is 2.73. The molecule has 0 aromatic heterocycles. The number of nitrogens with one attached hydrogen (secondary N) is 1. The number of nitrogens with two attached hydrogens (primary N) is 1. The van der Waals surface area contributed by atoms with Crippen LogP contribution in [0.2, 0.25) is 0 Å². The van der Waals surface area contributed by atoms with Crippen molar-refractivity contribution in [1.82, 2.24) is 5.32 Å². The molecule has 5 saturated carbocycles. The molecule has 0 aliphatic heterocycles. The predicted molar refractivity (Wildman–Crippen MR) is 111 cm³/mol. The van der Waals surface area contributed by atoms with Crippen molar-refractivity contribution in [2.24, 2.45) is 28.9 Å². The molecule has 5 atom stereocenters. The lowest BCUT2D eigenvalue weighted by Gasteiger charge is -2.43. The molecule has 148 valence electrons. The van der Waals surface area contributed by atoms with Crippen molar-refractivity contribution in [3.63, 3.8) is 0 Å². The van der Waals surface area contributed by atoms with Gasteiger partial charge >= 0.3 is 0 Å². The average molecular weight is 377 g/mol. The molecule has 1 aromatic rings. The van der Waals surface area contributed by atoms with E-state index in [2.05, 4.69) is 41.6 Å². The van der Waals surface area contributed by atoms with Crippen LogP contribution in [-0.4, -0.2) is 18.0 Å². The third-order valence-corrected chi connectivity index (χ3v) is 8.67. The first-order valence-electron chi connectivity index (χ1n) is 11.1. The van der Waals surface area contributed by atoms with Crippen LogP contribution in [0.5, 0.6) is 0 Å². The van der Waals surface area contributed by atoms with E-state index >= 15 is 0 Å². The zero-order valence-electron chi connectivity index (χ0n) is 16.7. The maximum absolute atomic E-state index is 13.7. The Labute approximate surface area is 168 Å². The highest BCUT2D eigenvalue weighted by Gasteiger charge is 2.70. The number of amides is 1. The zero-order valence-corrected chi connectivity index (χ0v) is 16.7. The summed E-state index contributed by atoms with van der Waals surface area (Å²) < 4.78 is 0. The fourth-order valence-electron chi connectivity index (χ4n) is 7.55. The average Bonchev–Trinajstić information content (AvgIpc) is 3.08. The van der Waals surface area contributed by atoms with E-state index in [1.807, 2.05) is 0 Å². The van der Waals surface area contributed by atoms with Crippen molar-refractivity contribution in [2.45, 2.75) is 75.3 Å². The maximum Gasteiger partial charge on any atom is 0.226 e. The van der Waals surface area contributed by atoms with Crippen LogP contribution < -0.4 is 11.1 Å². The monoisotopic (exact) mass is 376 g/mol. The van der Waals surface area contributed by atoms with E-state index in [1.54, 1.807) is 0 Å². The molecule has 3 N–H and O–H groups in total. The van der Waals surface area contributed by atoms with Crippen LogP contribution in [0.25, 0.3) is 0 Å². The van der Waals surface area contributed by atoms with Gasteiger partial charge in [-0.15, -0.1) is 12.3 Å². The maximum atomic E-state index is 13.7. The molecule has 1 amide bonds. The minimum atomic E-state index is -0.208. The quantitative estimate of drug-likeness (QED) is 0.786. The Kier molecular flexibility index (Phi) is 4.32. The normalized spacial score (nSPS) is 43.6. The third-order valence-electron chi connectivity index (χ3n) is 8.67. The van der Waals surface area contributed by atoms with E-state index in [4.69, 9.17) is 12.2 Å². The SMILES string of the molecule is C#CCC1C2CC3(c4ccccc4)CC1C(C(=O)NC1CCC(N)CC1)(C2)C3. The number of hydrogen-bond acceptors (Lipinski definition) is 2. The van der Waals surface area contributed by atoms with Gasteiger partial charge in [-0.1, -0.05) is 30.3 Å². The van der Waals surface area contributed by atoms with Gasteiger partial charge in [0.2, 0.25) is 5.91 Å². The van der Waals surface area contributed by atoms with E-state index in [9.17, 15) is 4.79 Å². The first-order chi connectivity index (χ1) is 13.6. The first kappa shape index (κ1) is 18.3. The van der Waals surface area contributed by atoms with Gasteiger partial charge in [-0.3, -0.25) is 4.79 Å². The molecule has 5 aliphatic carbocycles. The zero-order chi connectivity index (χ0) is 19.4. The molecule has 1 aromatic carbocycles. The van der Waals surface area contributed by atoms with Crippen LogP contribution in [-0.2, 0) is 10.2 Å². The van der Waals surface area contributed by atoms with E-state index in [1.165, 1.54) is 12.0 Å². The van der Waals surface area contributed by atoms with Gasteiger partial charge in [-0.05, 0) is 80.1 Å². The van der Waals surface area contributed by atoms with Gasteiger partial charge in [0.1, 0.15) is 0 Å². The lowest BCUT2D eigenvalue weighted by molar-refractivity contribution is -0.134. The van der Waals surface area contributed by atoms with Gasteiger partial charge in [0.25, 0.3) is 0 Å². The largest absolute Gasteiger partial charge is 0.353 e. The first-order valence-corrected chi connectivity index (χ1v) is 11.1. The lowest BCUT2D eigenvalue weighted by atomic mass is 9.61. The van der Waals surface area contributed by atoms with Crippen LogP contribution >= 0.6 is 0 Å². The number of carbonyl (C=O) groups is 1. The van der Waals surface area contributed by atoms with Crippen LogP contribution in [0.3, 0.4) is 0 Å². The standard InChI is InChI=1S/C25H32N2O/c1-2-6-21-17-13-24(18-7-4-3-5-8-18)15-22(21)25(14-17,16-24)23(28)27-20-11-9-19(26)10-12-20/h1,3-5,7-8,17,19-22H,6,9-16,26H2,(H,27,28). The van der Waals surface area contributed by atoms with Crippen LogP contribution in [0.15, 0.2) is 30.3 Å². The van der Waals surface area contributed by atoms with Gasteiger partial charge in [0, 0.05) is 18.5 Å². The Bertz CT molecular complexity index is 791. The van der Waals surface area contributed by atoms with Crippen LogP contribution in [0, 0.1) is 35.5 Å². The molecule has 5 unspecified atom stereocenters. The molecular formula is C25H32N2O. The Balaban J connectivity index is 1.43. The molecule has 6 rings (SSSR count). The van der Waals surface area contributed by atoms with Gasteiger partial charge in [-0.25, -0.2) is 0 Å². The number of benzene rings is 1. The van der Waals surface area contributed by atoms with E-state index in [-0.39, 0.29) is 10.8 Å². The summed E-state index contributed by atoms with van der Waals surface area (Å²) in [6.45, 7) is 0. The van der Waals surface area contributed by atoms with Crippen molar-refractivity contribution < 1.29 is 4.79 Å².